The summed E-state index contributed by atoms with van der Waals surface area (Å²) in [6, 6.07) is 3.17. The Morgan fingerprint density at radius 1 is 1.31 bits per heavy atom. The lowest BCUT2D eigenvalue weighted by Gasteiger charge is -2.04. The molecule has 0 atom stereocenters. The normalized spacial score (nSPS) is 8.92. The highest BCUT2D eigenvalue weighted by Gasteiger charge is 2.08. The summed E-state index contributed by atoms with van der Waals surface area (Å²) in [5.74, 6) is -2.65. The van der Waals surface area contributed by atoms with Gasteiger partial charge in [0.25, 0.3) is 0 Å². The van der Waals surface area contributed by atoms with Gasteiger partial charge in [0.1, 0.15) is 0 Å². The molecule has 1 heterocycles. The Kier molecular flexibility index (Phi) is 2.80. The van der Waals surface area contributed by atoms with Gasteiger partial charge in [0.2, 0.25) is 0 Å². The van der Waals surface area contributed by atoms with Crippen molar-refractivity contribution in [1.29, 1.82) is 0 Å². The summed E-state index contributed by atoms with van der Waals surface area (Å²) < 4.78 is 0. The van der Waals surface area contributed by atoms with E-state index in [0.717, 1.165) is 0 Å². The monoisotopic (exact) mass is 181 g/mol. The first-order valence-corrected chi connectivity index (χ1v) is 3.39. The van der Waals surface area contributed by atoms with Gasteiger partial charge in [0, 0.05) is 12.4 Å². The van der Waals surface area contributed by atoms with E-state index in [1.165, 1.54) is 12.4 Å². The highest BCUT2D eigenvalue weighted by Crippen LogP contribution is 1.99. The number of hydrogen-bond donors (Lipinski definition) is 3. The fourth-order valence-corrected chi connectivity index (χ4v) is 0.618. The molecule has 0 aromatic carbocycles. The van der Waals surface area contributed by atoms with Crippen molar-refractivity contribution in [3.8, 4) is 0 Å². The quantitative estimate of drug-likeness (QED) is 0.427. The van der Waals surface area contributed by atoms with Gasteiger partial charge >= 0.3 is 11.9 Å². The van der Waals surface area contributed by atoms with Gasteiger partial charge in [-0.05, 0) is 12.1 Å². The zero-order chi connectivity index (χ0) is 9.68. The molecule has 3 N–H and O–H groups in total. The van der Waals surface area contributed by atoms with Crippen molar-refractivity contribution in [2.24, 2.45) is 0 Å². The summed E-state index contributed by atoms with van der Waals surface area (Å²) in [7, 11) is 0. The van der Waals surface area contributed by atoms with Crippen LogP contribution in [0.4, 0.5) is 5.69 Å². The number of hydrazine groups is 1. The van der Waals surface area contributed by atoms with Crippen LogP contribution in [0.5, 0.6) is 0 Å². The standard InChI is InChI=1S/C7H7N3O3/c11-6(7(12)13)10-9-5-1-3-8-4-2-5/h1-4H,(H,8,9)(H,10,11)(H,12,13). The van der Waals surface area contributed by atoms with Crippen LogP contribution in [0.25, 0.3) is 0 Å². The molecule has 0 unspecified atom stereocenters. The third-order valence-electron chi connectivity index (χ3n) is 1.19. The molecule has 0 aliphatic heterocycles. The van der Waals surface area contributed by atoms with Crippen LogP contribution in [-0.4, -0.2) is 22.0 Å². The maximum Gasteiger partial charge on any atom is 0.396 e. The average Bonchev–Trinajstić information content (AvgIpc) is 2.15. The first kappa shape index (κ1) is 8.98. The molecule has 1 rings (SSSR count). The van der Waals surface area contributed by atoms with E-state index in [0.29, 0.717) is 5.69 Å². The van der Waals surface area contributed by atoms with E-state index < -0.39 is 11.9 Å². The number of carbonyl (C=O) groups is 2. The minimum Gasteiger partial charge on any atom is -0.474 e. The van der Waals surface area contributed by atoms with E-state index in [1.54, 1.807) is 12.1 Å². The largest absolute Gasteiger partial charge is 0.474 e. The molecule has 68 valence electrons. The summed E-state index contributed by atoms with van der Waals surface area (Å²) in [6.07, 6.45) is 3.02. The molecule has 1 amide bonds. The van der Waals surface area contributed by atoms with Gasteiger partial charge < -0.3 is 5.11 Å². The van der Waals surface area contributed by atoms with Crippen molar-refractivity contribution in [2.75, 3.05) is 5.43 Å². The molecule has 0 fully saturated rings. The van der Waals surface area contributed by atoms with Crippen LogP contribution >= 0.6 is 0 Å². The van der Waals surface area contributed by atoms with E-state index in [2.05, 4.69) is 10.4 Å². The smallest absolute Gasteiger partial charge is 0.396 e. The second kappa shape index (κ2) is 4.05. The molecule has 0 spiro atoms. The summed E-state index contributed by atoms with van der Waals surface area (Å²) in [6.45, 7) is 0. The van der Waals surface area contributed by atoms with Crippen molar-refractivity contribution < 1.29 is 14.7 Å². The minimum atomic E-state index is -1.54. The minimum absolute atomic E-state index is 0.560. The fourth-order valence-electron chi connectivity index (χ4n) is 0.618. The van der Waals surface area contributed by atoms with Gasteiger partial charge in [-0.2, -0.15) is 0 Å². The average molecular weight is 181 g/mol. The molecule has 13 heavy (non-hydrogen) atoms. The Morgan fingerprint density at radius 2 is 1.92 bits per heavy atom. The number of hydrogen-bond acceptors (Lipinski definition) is 4. The molecule has 0 saturated carbocycles. The van der Waals surface area contributed by atoms with Crippen LogP contribution in [0, 0.1) is 0 Å². The number of aromatic nitrogens is 1. The van der Waals surface area contributed by atoms with Crippen LogP contribution in [0.3, 0.4) is 0 Å². The third kappa shape index (κ3) is 2.78. The van der Waals surface area contributed by atoms with E-state index in [9.17, 15) is 9.59 Å². The zero-order valence-corrected chi connectivity index (χ0v) is 6.52. The first-order chi connectivity index (χ1) is 6.20. The molecule has 1 aromatic heterocycles. The summed E-state index contributed by atoms with van der Waals surface area (Å²) in [4.78, 5) is 24.3. The Bertz CT molecular complexity index is 312. The number of aliphatic carboxylic acids is 1. The second-order valence-electron chi connectivity index (χ2n) is 2.12. The molecule has 0 aliphatic rings. The lowest BCUT2D eigenvalue weighted by atomic mass is 10.4. The van der Waals surface area contributed by atoms with Gasteiger partial charge in [0.15, 0.2) is 0 Å². The number of carboxylic acid groups (broad SMARTS) is 1. The molecular weight excluding hydrogens is 174 g/mol. The Morgan fingerprint density at radius 3 is 2.46 bits per heavy atom. The van der Waals surface area contributed by atoms with E-state index in [1.807, 2.05) is 5.43 Å². The van der Waals surface area contributed by atoms with Crippen molar-refractivity contribution in [2.45, 2.75) is 0 Å². The molecule has 6 heteroatoms. The van der Waals surface area contributed by atoms with Gasteiger partial charge in [-0.25, -0.2) is 4.79 Å². The summed E-state index contributed by atoms with van der Waals surface area (Å²) in [5.41, 5.74) is 4.95. The van der Waals surface area contributed by atoms with Crippen LogP contribution in [0.1, 0.15) is 0 Å². The van der Waals surface area contributed by atoms with Crippen molar-refractivity contribution in [3.05, 3.63) is 24.5 Å². The Hall–Kier alpha value is -2.11. The predicted octanol–water partition coefficient (Wildman–Crippen LogP) is -0.391. The molecular formula is C7H7N3O3. The van der Waals surface area contributed by atoms with Crippen LogP contribution < -0.4 is 10.9 Å². The number of pyridine rings is 1. The number of carbonyl (C=O) groups excluding carboxylic acids is 1. The first-order valence-electron chi connectivity index (χ1n) is 3.39. The molecule has 6 nitrogen and oxygen atoms in total. The summed E-state index contributed by atoms with van der Waals surface area (Å²) >= 11 is 0. The maximum absolute atomic E-state index is 10.5. The molecule has 0 saturated heterocycles. The number of carboxylic acids is 1. The van der Waals surface area contributed by atoms with Gasteiger partial charge in [-0.3, -0.25) is 20.6 Å². The van der Waals surface area contributed by atoms with Crippen molar-refractivity contribution in [3.63, 3.8) is 0 Å². The maximum atomic E-state index is 10.5. The Balaban J connectivity index is 2.44. The van der Waals surface area contributed by atoms with Crippen LogP contribution in [0.15, 0.2) is 24.5 Å². The van der Waals surface area contributed by atoms with Gasteiger partial charge in [-0.15, -0.1) is 0 Å². The number of rotatable bonds is 2. The van der Waals surface area contributed by atoms with E-state index in [-0.39, 0.29) is 0 Å². The zero-order valence-electron chi connectivity index (χ0n) is 6.52. The molecule has 0 radical (unpaired) electrons. The van der Waals surface area contributed by atoms with Crippen LogP contribution in [-0.2, 0) is 9.59 Å². The lowest BCUT2D eigenvalue weighted by molar-refractivity contribution is -0.149. The lowest BCUT2D eigenvalue weighted by Crippen LogP contribution is -2.35. The van der Waals surface area contributed by atoms with Crippen LogP contribution in [0.2, 0.25) is 0 Å². The number of anilines is 1. The van der Waals surface area contributed by atoms with Crippen molar-refractivity contribution >= 4 is 17.6 Å². The van der Waals surface area contributed by atoms with Gasteiger partial charge in [-0.1, -0.05) is 0 Å². The van der Waals surface area contributed by atoms with Crippen molar-refractivity contribution in [1.82, 2.24) is 10.4 Å². The molecule has 0 aliphatic carbocycles. The second-order valence-corrected chi connectivity index (χ2v) is 2.12. The fraction of sp³-hybridized carbons (Fsp3) is 0. The number of nitrogens with one attached hydrogen (secondary N) is 2. The highest BCUT2D eigenvalue weighted by molar-refractivity contribution is 6.31. The molecule has 0 bridgehead atoms. The molecule has 1 aromatic rings. The predicted molar refractivity (Wildman–Crippen MR) is 43.6 cm³/mol. The SMILES string of the molecule is O=C(O)C(=O)NNc1ccncc1. The highest BCUT2D eigenvalue weighted by atomic mass is 16.4. The Labute approximate surface area is 73.6 Å². The van der Waals surface area contributed by atoms with E-state index in [4.69, 9.17) is 5.11 Å². The number of nitrogens with zero attached hydrogens (tertiary/aromatic N) is 1. The third-order valence-corrected chi connectivity index (χ3v) is 1.19. The number of amides is 1. The summed E-state index contributed by atoms with van der Waals surface area (Å²) in [5, 5.41) is 8.20. The topological polar surface area (TPSA) is 91.3 Å². The van der Waals surface area contributed by atoms with Gasteiger partial charge in [0.05, 0.1) is 5.69 Å². The van der Waals surface area contributed by atoms with E-state index >= 15 is 0 Å².